The normalized spacial score (nSPS) is 12.0. The summed E-state index contributed by atoms with van der Waals surface area (Å²) in [5, 5.41) is 2.45. The van der Waals surface area contributed by atoms with Crippen LogP contribution in [0.5, 0.6) is 0 Å². The molecule has 1 unspecified atom stereocenters. The van der Waals surface area contributed by atoms with Crippen molar-refractivity contribution in [3.05, 3.63) is 139 Å². The van der Waals surface area contributed by atoms with Gasteiger partial charge in [0.1, 0.15) is 5.82 Å². The van der Waals surface area contributed by atoms with Crippen LogP contribution in [0.3, 0.4) is 0 Å². The predicted molar refractivity (Wildman–Crippen MR) is 206 cm³/mol. The fourth-order valence-electron chi connectivity index (χ4n) is 5.99. The number of benzene rings is 4. The molecular formula is C43H41FGeIrN2S-2. The fourth-order valence-corrected chi connectivity index (χ4v) is 10.7. The number of thiophene rings is 1. The molecule has 0 N–H and O–H groups in total. The Morgan fingerprint density at radius 2 is 1.47 bits per heavy atom. The topological polar surface area (TPSA) is 25.8 Å². The van der Waals surface area contributed by atoms with E-state index in [9.17, 15) is 4.39 Å². The van der Waals surface area contributed by atoms with Gasteiger partial charge in [0.15, 0.2) is 0 Å². The Morgan fingerprint density at radius 1 is 0.735 bits per heavy atom. The van der Waals surface area contributed by atoms with Crippen LogP contribution in [-0.2, 0) is 20.1 Å². The molecule has 0 spiro atoms. The monoisotopic (exact) mass is 903 g/mol. The number of fused-ring (bicyclic) bond motifs is 3. The van der Waals surface area contributed by atoms with Gasteiger partial charge < -0.3 is 4.98 Å². The predicted octanol–water partition coefficient (Wildman–Crippen LogP) is 11.9. The molecule has 251 valence electrons. The summed E-state index contributed by atoms with van der Waals surface area (Å²) in [6.45, 7) is 8.96. The number of rotatable bonds is 6. The largest absolute Gasteiger partial charge is 0 e. The SMILES string of the molecule is CC(C)C(C)c1ccnc(-c2[c-]cc3sc4cc(-c5ccc(F)cc5)ccc4c3c2)c1.Cc1cc(-c2[c-]cccc2)nc[c]1[Ge]([CH3])([CH3])[CH3].[Ir]. The van der Waals surface area contributed by atoms with Gasteiger partial charge in [-0.3, -0.25) is 0 Å². The van der Waals surface area contributed by atoms with Gasteiger partial charge in [-0.2, -0.15) is 11.3 Å². The van der Waals surface area contributed by atoms with Crippen LogP contribution in [0.1, 0.15) is 37.8 Å². The number of pyridine rings is 2. The Labute approximate surface area is 310 Å². The van der Waals surface area contributed by atoms with Crippen molar-refractivity contribution >= 4 is 49.2 Å². The maximum Gasteiger partial charge on any atom is 0 e. The standard InChI is InChI=1S/C28H23FNS.C15H18GeN.Ir/c1-17(2)18(3)20-12-13-30-26(15-20)22-7-11-27-25(14-22)24-10-6-21(16-28(24)31-27)19-4-8-23(29)9-5-19;1-12-10-15(13-8-6-5-7-9-13)17-11-14(12)16(2,3)4;/h4-6,8-18H,1-3H3;5-8,10-11H,1-4H3;/q2*-1;. The molecule has 0 aliphatic rings. The second-order valence-corrected chi connectivity index (χ2v) is 25.5. The van der Waals surface area contributed by atoms with E-state index in [4.69, 9.17) is 0 Å². The van der Waals surface area contributed by atoms with Gasteiger partial charge in [0.2, 0.25) is 0 Å². The summed E-state index contributed by atoms with van der Waals surface area (Å²) in [6, 6.07) is 38.6. The zero-order valence-electron chi connectivity index (χ0n) is 29.1. The van der Waals surface area contributed by atoms with Crippen LogP contribution >= 0.6 is 11.3 Å². The molecule has 0 saturated carbocycles. The summed E-state index contributed by atoms with van der Waals surface area (Å²) >= 11 is -0.00884. The van der Waals surface area contributed by atoms with E-state index >= 15 is 0 Å². The van der Waals surface area contributed by atoms with E-state index in [0.29, 0.717) is 11.8 Å². The van der Waals surface area contributed by atoms with Crippen LogP contribution in [0.25, 0.3) is 53.8 Å². The van der Waals surface area contributed by atoms with E-state index in [1.54, 1.807) is 11.3 Å². The first-order valence-corrected chi connectivity index (χ1v) is 24.7. The van der Waals surface area contributed by atoms with Crippen LogP contribution in [-0.4, -0.2) is 23.2 Å². The Hall–Kier alpha value is -3.48. The zero-order chi connectivity index (χ0) is 34.0. The fraction of sp³-hybridized carbons (Fsp3) is 0.209. The van der Waals surface area contributed by atoms with E-state index in [1.807, 2.05) is 36.5 Å². The van der Waals surface area contributed by atoms with E-state index in [1.165, 1.54) is 47.8 Å². The number of aromatic nitrogens is 2. The Bertz CT molecular complexity index is 2190. The van der Waals surface area contributed by atoms with Crippen LogP contribution in [0.15, 0.2) is 109 Å². The molecule has 6 heteroatoms. The minimum Gasteiger partial charge on any atom is 0 e. The van der Waals surface area contributed by atoms with Crippen molar-refractivity contribution in [2.75, 3.05) is 0 Å². The van der Waals surface area contributed by atoms with Crippen molar-refractivity contribution in [2.24, 2.45) is 5.92 Å². The van der Waals surface area contributed by atoms with Crippen molar-refractivity contribution in [3.8, 4) is 33.6 Å². The Balaban J connectivity index is 0.000000221. The molecule has 0 saturated heterocycles. The van der Waals surface area contributed by atoms with Gasteiger partial charge in [0, 0.05) is 31.0 Å². The first-order valence-electron chi connectivity index (χ1n) is 16.5. The summed E-state index contributed by atoms with van der Waals surface area (Å²) in [5.41, 5.74) is 8.89. The Kier molecular flexibility index (Phi) is 11.7. The molecule has 3 aromatic heterocycles. The van der Waals surface area contributed by atoms with Gasteiger partial charge in [0.05, 0.1) is 0 Å². The van der Waals surface area contributed by atoms with Crippen molar-refractivity contribution in [1.82, 2.24) is 9.97 Å². The molecule has 0 bridgehead atoms. The van der Waals surface area contributed by atoms with Crippen LogP contribution in [0.2, 0.25) is 17.3 Å². The maximum absolute atomic E-state index is 13.3. The van der Waals surface area contributed by atoms with E-state index in [0.717, 1.165) is 33.6 Å². The van der Waals surface area contributed by atoms with Crippen LogP contribution in [0, 0.1) is 30.8 Å². The minimum absolute atomic E-state index is 0. The van der Waals surface area contributed by atoms with Gasteiger partial charge in [-0.05, 0) is 63.0 Å². The second-order valence-electron chi connectivity index (χ2n) is 13.9. The molecule has 1 radical (unpaired) electrons. The minimum atomic E-state index is -1.77. The average molecular weight is 902 g/mol. The molecule has 0 amide bonds. The van der Waals surface area contributed by atoms with Gasteiger partial charge >= 0.3 is 106 Å². The second kappa shape index (κ2) is 15.6. The third kappa shape index (κ3) is 8.46. The number of halogens is 1. The molecule has 1 atom stereocenters. The third-order valence-electron chi connectivity index (χ3n) is 9.07. The number of hydrogen-bond donors (Lipinski definition) is 0. The van der Waals surface area contributed by atoms with E-state index in [2.05, 4.69) is 128 Å². The van der Waals surface area contributed by atoms with Gasteiger partial charge in [-0.25, -0.2) is 4.39 Å². The maximum atomic E-state index is 13.3. The molecule has 4 aromatic carbocycles. The summed E-state index contributed by atoms with van der Waals surface area (Å²) in [6.07, 6.45) is 3.98. The third-order valence-corrected chi connectivity index (χ3v) is 14.7. The number of aryl methyl sites for hydroxylation is 1. The van der Waals surface area contributed by atoms with E-state index in [-0.39, 0.29) is 25.9 Å². The van der Waals surface area contributed by atoms with Crippen LogP contribution < -0.4 is 4.40 Å². The Morgan fingerprint density at radius 3 is 2.14 bits per heavy atom. The molecule has 3 heterocycles. The smallest absolute Gasteiger partial charge is 0 e. The van der Waals surface area contributed by atoms with Crippen molar-refractivity contribution in [2.45, 2.75) is 50.9 Å². The van der Waals surface area contributed by atoms with E-state index < -0.39 is 13.3 Å². The molecular weight excluding hydrogens is 860 g/mol. The van der Waals surface area contributed by atoms with Crippen LogP contribution in [0.4, 0.5) is 4.39 Å². The van der Waals surface area contributed by atoms with Gasteiger partial charge in [-0.1, -0.05) is 62.1 Å². The first kappa shape index (κ1) is 36.8. The first-order chi connectivity index (χ1) is 23.0. The molecule has 2 nitrogen and oxygen atoms in total. The van der Waals surface area contributed by atoms with Crippen molar-refractivity contribution in [1.29, 1.82) is 0 Å². The number of nitrogens with zero attached hydrogens (tertiary/aromatic N) is 2. The molecule has 0 fully saturated rings. The average Bonchev–Trinajstić information content (AvgIpc) is 3.45. The summed E-state index contributed by atoms with van der Waals surface area (Å²) in [7, 11) is 0. The molecule has 7 aromatic rings. The van der Waals surface area contributed by atoms with Gasteiger partial charge in [0.25, 0.3) is 0 Å². The molecule has 0 aliphatic heterocycles. The van der Waals surface area contributed by atoms with Gasteiger partial charge in [-0.15, -0.1) is 23.8 Å². The zero-order valence-corrected chi connectivity index (χ0v) is 34.4. The van der Waals surface area contributed by atoms with Crippen molar-refractivity contribution < 1.29 is 24.5 Å². The number of hydrogen-bond acceptors (Lipinski definition) is 3. The van der Waals surface area contributed by atoms with Crippen molar-refractivity contribution in [3.63, 3.8) is 0 Å². The quantitative estimate of drug-likeness (QED) is 0.123. The summed E-state index contributed by atoms with van der Waals surface area (Å²) < 4.78 is 17.2. The molecule has 7 rings (SSSR count). The molecule has 0 aliphatic carbocycles. The summed E-state index contributed by atoms with van der Waals surface area (Å²) in [4.78, 5) is 9.22. The summed E-state index contributed by atoms with van der Waals surface area (Å²) in [5.74, 6) is 8.06. The molecule has 49 heavy (non-hydrogen) atoms.